The standard InChI is InChI=1S/C32H28ClN5O7/c1-3-44-31(42)25-15-21(10-13-28(25)39)36-35-20-7-5-19(6-8-20)24-12-9-23(17-27(24)34-30(41)18-33)38-37-22-11-14-29(40)26(16-22)32(43)45-4-2/h5-17,39-40H,3-4,18H2,1-2H3,(H,34,41). The van der Waals surface area contributed by atoms with E-state index in [2.05, 4.69) is 25.8 Å². The van der Waals surface area contributed by atoms with E-state index in [0.29, 0.717) is 34.0 Å². The second-order valence-corrected chi connectivity index (χ2v) is 9.47. The third kappa shape index (κ3) is 8.48. The highest BCUT2D eigenvalue weighted by Crippen LogP contribution is 2.34. The highest BCUT2D eigenvalue weighted by molar-refractivity contribution is 6.29. The average Bonchev–Trinajstić information content (AvgIpc) is 3.04. The molecule has 0 aliphatic heterocycles. The third-order valence-electron chi connectivity index (χ3n) is 6.09. The van der Waals surface area contributed by atoms with Gasteiger partial charge in [-0.1, -0.05) is 18.2 Å². The summed E-state index contributed by atoms with van der Waals surface area (Å²) < 4.78 is 9.90. The van der Waals surface area contributed by atoms with Crippen LogP contribution in [-0.4, -0.2) is 47.2 Å². The molecule has 0 atom stereocenters. The number of aromatic hydroxyl groups is 2. The second kappa shape index (κ2) is 15.2. The van der Waals surface area contributed by atoms with Gasteiger partial charge in [0.2, 0.25) is 5.91 Å². The number of esters is 2. The van der Waals surface area contributed by atoms with E-state index in [-0.39, 0.29) is 41.7 Å². The number of nitrogens with zero attached hydrogens (tertiary/aromatic N) is 4. The lowest BCUT2D eigenvalue weighted by Crippen LogP contribution is -2.13. The van der Waals surface area contributed by atoms with Gasteiger partial charge in [-0.25, -0.2) is 9.59 Å². The molecule has 0 bridgehead atoms. The number of carbonyl (C=O) groups is 3. The van der Waals surface area contributed by atoms with Crippen LogP contribution in [0.4, 0.5) is 28.4 Å². The van der Waals surface area contributed by atoms with Crippen molar-refractivity contribution in [2.75, 3.05) is 24.4 Å². The number of anilines is 1. The van der Waals surface area contributed by atoms with E-state index in [1.165, 1.54) is 36.4 Å². The number of alkyl halides is 1. The number of phenolic OH excluding ortho intramolecular Hbond substituents is 2. The molecule has 45 heavy (non-hydrogen) atoms. The van der Waals surface area contributed by atoms with Crippen LogP contribution in [0.1, 0.15) is 34.6 Å². The number of hydrogen-bond acceptors (Lipinski definition) is 11. The first-order valence-electron chi connectivity index (χ1n) is 13.7. The van der Waals surface area contributed by atoms with Gasteiger partial charge in [-0.2, -0.15) is 20.5 Å². The normalized spacial score (nSPS) is 11.1. The molecule has 4 aromatic rings. The maximum Gasteiger partial charge on any atom is 0.341 e. The summed E-state index contributed by atoms with van der Waals surface area (Å²) in [5, 5.41) is 39.4. The predicted molar refractivity (Wildman–Crippen MR) is 168 cm³/mol. The number of carbonyl (C=O) groups excluding carboxylic acids is 3. The van der Waals surface area contributed by atoms with Gasteiger partial charge in [0.1, 0.15) is 28.5 Å². The van der Waals surface area contributed by atoms with Gasteiger partial charge in [0.05, 0.1) is 41.7 Å². The van der Waals surface area contributed by atoms with Gasteiger partial charge in [-0.3, -0.25) is 4.79 Å². The minimum Gasteiger partial charge on any atom is -0.507 e. The van der Waals surface area contributed by atoms with Crippen LogP contribution in [0, 0.1) is 0 Å². The fraction of sp³-hybridized carbons (Fsp3) is 0.156. The van der Waals surface area contributed by atoms with E-state index < -0.39 is 17.8 Å². The first-order valence-corrected chi connectivity index (χ1v) is 14.2. The van der Waals surface area contributed by atoms with Crippen molar-refractivity contribution in [2.24, 2.45) is 20.5 Å². The molecule has 0 aromatic heterocycles. The molecule has 4 aromatic carbocycles. The zero-order valence-corrected chi connectivity index (χ0v) is 25.0. The first-order chi connectivity index (χ1) is 21.7. The van der Waals surface area contributed by atoms with E-state index in [4.69, 9.17) is 21.1 Å². The van der Waals surface area contributed by atoms with E-state index in [9.17, 15) is 24.6 Å². The zero-order chi connectivity index (χ0) is 32.3. The van der Waals surface area contributed by atoms with Gasteiger partial charge in [0.15, 0.2) is 0 Å². The van der Waals surface area contributed by atoms with E-state index >= 15 is 0 Å². The summed E-state index contributed by atoms with van der Waals surface area (Å²) in [5.74, 6) is -2.48. The molecule has 13 heteroatoms. The van der Waals surface area contributed by atoms with Crippen LogP contribution in [0.5, 0.6) is 11.5 Å². The van der Waals surface area contributed by atoms with Crippen LogP contribution >= 0.6 is 11.6 Å². The Hall–Kier alpha value is -5.62. The molecule has 0 radical (unpaired) electrons. The number of hydrogen-bond donors (Lipinski definition) is 3. The van der Waals surface area contributed by atoms with Crippen molar-refractivity contribution in [1.29, 1.82) is 0 Å². The van der Waals surface area contributed by atoms with Gasteiger partial charge < -0.3 is 25.0 Å². The predicted octanol–water partition coefficient (Wildman–Crippen LogP) is 8.13. The molecule has 3 N–H and O–H groups in total. The molecular weight excluding hydrogens is 602 g/mol. The fourth-order valence-corrected chi connectivity index (χ4v) is 4.06. The first kappa shape index (κ1) is 32.3. The van der Waals surface area contributed by atoms with Gasteiger partial charge in [0.25, 0.3) is 0 Å². The minimum atomic E-state index is -0.682. The number of rotatable bonds is 11. The highest BCUT2D eigenvalue weighted by Gasteiger charge is 2.15. The molecule has 1 amide bonds. The molecule has 12 nitrogen and oxygen atoms in total. The summed E-state index contributed by atoms with van der Waals surface area (Å²) in [5.41, 5.74) is 3.36. The van der Waals surface area contributed by atoms with Crippen molar-refractivity contribution in [3.63, 3.8) is 0 Å². The van der Waals surface area contributed by atoms with Crippen molar-refractivity contribution in [3.8, 4) is 22.6 Å². The van der Waals surface area contributed by atoms with Gasteiger partial charge in [-0.15, -0.1) is 11.6 Å². The lowest BCUT2D eigenvalue weighted by molar-refractivity contribution is -0.113. The second-order valence-electron chi connectivity index (χ2n) is 9.20. The molecule has 230 valence electrons. The molecule has 0 saturated carbocycles. The van der Waals surface area contributed by atoms with Crippen LogP contribution in [0.3, 0.4) is 0 Å². The number of azo groups is 2. The zero-order valence-electron chi connectivity index (χ0n) is 24.2. The lowest BCUT2D eigenvalue weighted by atomic mass is 10.0. The van der Waals surface area contributed by atoms with Crippen LogP contribution in [-0.2, 0) is 14.3 Å². The van der Waals surface area contributed by atoms with Crippen molar-refractivity contribution in [2.45, 2.75) is 13.8 Å². The molecule has 0 spiro atoms. The van der Waals surface area contributed by atoms with Crippen LogP contribution in [0.15, 0.2) is 99.3 Å². The molecule has 4 rings (SSSR count). The number of ether oxygens (including phenoxy) is 2. The molecule has 0 heterocycles. The lowest BCUT2D eigenvalue weighted by Gasteiger charge is -2.12. The van der Waals surface area contributed by atoms with Crippen molar-refractivity contribution in [3.05, 3.63) is 90.0 Å². The maximum absolute atomic E-state index is 12.2. The van der Waals surface area contributed by atoms with Crippen LogP contribution in [0.25, 0.3) is 11.1 Å². The Morgan fingerprint density at radius 1 is 0.667 bits per heavy atom. The smallest absolute Gasteiger partial charge is 0.341 e. The summed E-state index contributed by atoms with van der Waals surface area (Å²) in [4.78, 5) is 36.3. The number of benzene rings is 4. The SMILES string of the molecule is CCOC(=O)c1cc(N=Nc2ccc(-c3ccc(N=Nc4ccc(O)c(C(=O)OCC)c4)cc3NC(=O)CCl)cc2)ccc1O. The van der Waals surface area contributed by atoms with Gasteiger partial charge in [-0.05, 0) is 80.1 Å². The molecule has 0 aliphatic rings. The van der Waals surface area contributed by atoms with Gasteiger partial charge >= 0.3 is 11.9 Å². The fourth-order valence-electron chi connectivity index (χ4n) is 3.99. The number of halogens is 1. The van der Waals surface area contributed by atoms with E-state index in [1.807, 2.05) is 0 Å². The number of nitrogens with one attached hydrogen (secondary N) is 1. The molecule has 0 fully saturated rings. The van der Waals surface area contributed by atoms with Crippen LogP contribution < -0.4 is 5.32 Å². The van der Waals surface area contributed by atoms with E-state index in [0.717, 1.165) is 5.56 Å². The Balaban J connectivity index is 1.57. The monoisotopic (exact) mass is 629 g/mol. The Labute approximate surface area is 263 Å². The van der Waals surface area contributed by atoms with Crippen molar-refractivity contribution >= 4 is 57.9 Å². The summed E-state index contributed by atoms with van der Waals surface area (Å²) in [6.45, 7) is 3.65. The summed E-state index contributed by atoms with van der Waals surface area (Å²) in [6, 6.07) is 20.5. The number of phenols is 2. The Bertz CT molecular complexity index is 1770. The third-order valence-corrected chi connectivity index (χ3v) is 6.33. The average molecular weight is 630 g/mol. The quantitative estimate of drug-likeness (QED) is 0.0853. The molecule has 0 aliphatic carbocycles. The number of amides is 1. The van der Waals surface area contributed by atoms with Crippen LogP contribution in [0.2, 0.25) is 0 Å². The van der Waals surface area contributed by atoms with Gasteiger partial charge in [0, 0.05) is 5.56 Å². The largest absolute Gasteiger partial charge is 0.507 e. The Kier molecular flexibility index (Phi) is 10.9. The molecule has 0 saturated heterocycles. The Morgan fingerprint density at radius 2 is 1.11 bits per heavy atom. The Morgan fingerprint density at radius 3 is 1.60 bits per heavy atom. The minimum absolute atomic E-state index is 0.0114. The summed E-state index contributed by atoms with van der Waals surface area (Å²) >= 11 is 5.74. The van der Waals surface area contributed by atoms with Crippen molar-refractivity contribution in [1.82, 2.24) is 0 Å². The molecular formula is C32H28ClN5O7. The summed E-state index contributed by atoms with van der Waals surface area (Å²) in [7, 11) is 0. The highest BCUT2D eigenvalue weighted by atomic mass is 35.5. The van der Waals surface area contributed by atoms with E-state index in [1.54, 1.807) is 56.3 Å². The molecule has 0 unspecified atom stereocenters. The topological polar surface area (TPSA) is 172 Å². The maximum atomic E-state index is 12.2. The van der Waals surface area contributed by atoms with Crippen molar-refractivity contribution < 1.29 is 34.1 Å². The summed E-state index contributed by atoms with van der Waals surface area (Å²) in [6.07, 6.45) is 0.